The van der Waals surface area contributed by atoms with E-state index in [9.17, 15) is 4.79 Å². The Balaban J connectivity index is 1.57. The smallest absolute Gasteiger partial charge is 0.224 e. The van der Waals surface area contributed by atoms with Gasteiger partial charge in [0.25, 0.3) is 0 Å². The fourth-order valence-corrected chi connectivity index (χ4v) is 2.98. The van der Waals surface area contributed by atoms with Crippen molar-refractivity contribution in [2.75, 3.05) is 32.6 Å². The summed E-state index contributed by atoms with van der Waals surface area (Å²) in [5, 5.41) is 11.4. The van der Waals surface area contributed by atoms with Gasteiger partial charge in [-0.3, -0.25) is 4.79 Å². The van der Waals surface area contributed by atoms with Gasteiger partial charge < -0.3 is 20.1 Å². The Morgan fingerprint density at radius 2 is 1.97 bits per heavy atom. The number of hydrogen-bond acceptors (Lipinski definition) is 7. The Bertz CT molecular complexity index is 972. The second-order valence-electron chi connectivity index (χ2n) is 6.47. The van der Waals surface area contributed by atoms with E-state index in [-0.39, 0.29) is 12.3 Å². The summed E-state index contributed by atoms with van der Waals surface area (Å²) in [5.74, 6) is 1.94. The molecule has 0 radical (unpaired) electrons. The maximum absolute atomic E-state index is 12.3. The first-order valence-electron chi connectivity index (χ1n) is 9.54. The molecule has 0 saturated carbocycles. The maximum Gasteiger partial charge on any atom is 0.224 e. The third-order valence-electron chi connectivity index (χ3n) is 4.43. The number of fused-ring (bicyclic) bond motifs is 1. The van der Waals surface area contributed by atoms with Crippen LogP contribution in [0, 0.1) is 0 Å². The molecule has 0 saturated heterocycles. The van der Waals surface area contributed by atoms with E-state index >= 15 is 0 Å². The van der Waals surface area contributed by atoms with Gasteiger partial charge >= 0.3 is 0 Å². The second kappa shape index (κ2) is 9.72. The summed E-state index contributed by atoms with van der Waals surface area (Å²) < 4.78 is 12.3. The highest BCUT2D eigenvalue weighted by Crippen LogP contribution is 2.27. The molecule has 0 aliphatic carbocycles. The number of carbonyl (C=O) groups excluding carboxylic acids is 1. The molecule has 9 nitrogen and oxygen atoms in total. The highest BCUT2D eigenvalue weighted by atomic mass is 16.5. The number of amides is 1. The largest absolute Gasteiger partial charge is 0.493 e. The van der Waals surface area contributed by atoms with E-state index in [0.29, 0.717) is 24.6 Å². The molecule has 0 aliphatic heterocycles. The molecule has 3 rings (SSSR count). The Morgan fingerprint density at radius 1 is 1.14 bits per heavy atom. The molecule has 0 fully saturated rings. The summed E-state index contributed by atoms with van der Waals surface area (Å²) in [6.07, 6.45) is 4.53. The number of nitrogens with one attached hydrogen (secondary N) is 2. The van der Waals surface area contributed by atoms with Crippen LogP contribution in [0.3, 0.4) is 0 Å². The lowest BCUT2D eigenvalue weighted by Gasteiger charge is -2.10. The lowest BCUT2D eigenvalue weighted by atomic mass is 10.1. The van der Waals surface area contributed by atoms with Crippen molar-refractivity contribution < 1.29 is 14.3 Å². The number of nitrogens with zero attached hydrogens (tertiary/aromatic N) is 4. The van der Waals surface area contributed by atoms with Crippen molar-refractivity contribution in [3.05, 3.63) is 36.3 Å². The average Bonchev–Trinajstić information content (AvgIpc) is 3.15. The van der Waals surface area contributed by atoms with Gasteiger partial charge in [-0.05, 0) is 24.1 Å². The molecule has 1 aromatic carbocycles. The van der Waals surface area contributed by atoms with Crippen LogP contribution in [0.25, 0.3) is 11.0 Å². The quantitative estimate of drug-likeness (QED) is 0.538. The molecule has 2 N–H and O–H groups in total. The third-order valence-corrected chi connectivity index (χ3v) is 4.43. The molecule has 2 aromatic heterocycles. The van der Waals surface area contributed by atoms with Crippen molar-refractivity contribution in [2.24, 2.45) is 0 Å². The summed E-state index contributed by atoms with van der Waals surface area (Å²) in [5.41, 5.74) is 1.59. The fraction of sp³-hybridized carbons (Fsp3) is 0.400. The SMILES string of the molecule is CCCNc1ncnc2c1cnn2CCNC(=O)Cc1ccc(OC)c(OC)c1. The van der Waals surface area contributed by atoms with Gasteiger partial charge in [0, 0.05) is 13.1 Å². The minimum Gasteiger partial charge on any atom is -0.493 e. The lowest BCUT2D eigenvalue weighted by Crippen LogP contribution is -2.28. The van der Waals surface area contributed by atoms with Crippen molar-refractivity contribution in [1.82, 2.24) is 25.1 Å². The number of benzene rings is 1. The number of aromatic nitrogens is 4. The topological polar surface area (TPSA) is 103 Å². The van der Waals surface area contributed by atoms with Crippen molar-refractivity contribution >= 4 is 22.8 Å². The number of hydrogen-bond donors (Lipinski definition) is 2. The molecule has 154 valence electrons. The number of methoxy groups -OCH3 is 2. The predicted molar refractivity (Wildman–Crippen MR) is 110 cm³/mol. The minimum atomic E-state index is -0.0754. The minimum absolute atomic E-state index is 0.0754. The van der Waals surface area contributed by atoms with Gasteiger partial charge in [0.1, 0.15) is 12.1 Å². The average molecular weight is 398 g/mol. The van der Waals surface area contributed by atoms with Crippen LogP contribution in [-0.2, 0) is 17.8 Å². The maximum atomic E-state index is 12.3. The summed E-state index contributed by atoms with van der Waals surface area (Å²) >= 11 is 0. The van der Waals surface area contributed by atoms with Crippen molar-refractivity contribution in [1.29, 1.82) is 0 Å². The van der Waals surface area contributed by atoms with Gasteiger partial charge in [0.15, 0.2) is 17.1 Å². The molecular weight excluding hydrogens is 372 g/mol. The number of carbonyl (C=O) groups is 1. The Hall–Kier alpha value is -3.36. The van der Waals surface area contributed by atoms with Gasteiger partial charge in [-0.1, -0.05) is 13.0 Å². The fourth-order valence-electron chi connectivity index (χ4n) is 2.98. The zero-order valence-electron chi connectivity index (χ0n) is 16.9. The van der Waals surface area contributed by atoms with E-state index in [4.69, 9.17) is 9.47 Å². The Kier molecular flexibility index (Phi) is 6.83. The summed E-state index contributed by atoms with van der Waals surface area (Å²) in [7, 11) is 3.15. The zero-order valence-corrected chi connectivity index (χ0v) is 16.9. The van der Waals surface area contributed by atoms with Crippen LogP contribution >= 0.6 is 0 Å². The Labute approximate surface area is 169 Å². The molecule has 0 spiro atoms. The van der Waals surface area contributed by atoms with E-state index in [1.807, 2.05) is 6.07 Å². The van der Waals surface area contributed by atoms with E-state index in [0.717, 1.165) is 35.4 Å². The first kappa shape index (κ1) is 20.4. The summed E-state index contributed by atoms with van der Waals surface area (Å²) in [6.45, 7) is 3.90. The van der Waals surface area contributed by atoms with Crippen LogP contribution < -0.4 is 20.1 Å². The number of anilines is 1. The van der Waals surface area contributed by atoms with Gasteiger partial charge in [-0.2, -0.15) is 5.10 Å². The second-order valence-corrected chi connectivity index (χ2v) is 6.47. The number of rotatable bonds is 10. The molecular formula is C20H26N6O3. The molecule has 1 amide bonds. The molecule has 9 heteroatoms. The van der Waals surface area contributed by atoms with Crippen molar-refractivity contribution in [3.63, 3.8) is 0 Å². The van der Waals surface area contributed by atoms with Crippen LogP contribution in [0.5, 0.6) is 11.5 Å². The molecule has 0 unspecified atom stereocenters. The van der Waals surface area contributed by atoms with E-state index in [1.54, 1.807) is 37.2 Å². The molecule has 0 aliphatic rings. The van der Waals surface area contributed by atoms with E-state index in [2.05, 4.69) is 32.6 Å². The van der Waals surface area contributed by atoms with Gasteiger partial charge in [-0.25, -0.2) is 14.6 Å². The van der Waals surface area contributed by atoms with Crippen LogP contribution in [0.2, 0.25) is 0 Å². The first-order valence-corrected chi connectivity index (χ1v) is 9.54. The van der Waals surface area contributed by atoms with E-state index in [1.165, 1.54) is 6.33 Å². The first-order chi connectivity index (χ1) is 14.2. The van der Waals surface area contributed by atoms with Gasteiger partial charge in [0.05, 0.1) is 38.8 Å². The molecule has 0 atom stereocenters. The number of ether oxygens (including phenoxy) is 2. The summed E-state index contributed by atoms with van der Waals surface area (Å²) in [6, 6.07) is 5.45. The lowest BCUT2D eigenvalue weighted by molar-refractivity contribution is -0.120. The summed E-state index contributed by atoms with van der Waals surface area (Å²) in [4.78, 5) is 20.9. The van der Waals surface area contributed by atoms with Crippen molar-refractivity contribution in [3.8, 4) is 11.5 Å². The van der Waals surface area contributed by atoms with Crippen LogP contribution in [0.15, 0.2) is 30.7 Å². The Morgan fingerprint density at radius 3 is 2.72 bits per heavy atom. The van der Waals surface area contributed by atoms with Crippen LogP contribution in [0.4, 0.5) is 5.82 Å². The predicted octanol–water partition coefficient (Wildman–Crippen LogP) is 2.02. The highest BCUT2D eigenvalue weighted by molar-refractivity contribution is 5.86. The third kappa shape index (κ3) is 4.92. The van der Waals surface area contributed by atoms with Crippen molar-refractivity contribution in [2.45, 2.75) is 26.3 Å². The van der Waals surface area contributed by atoms with Crippen LogP contribution in [-0.4, -0.2) is 53.0 Å². The molecule has 29 heavy (non-hydrogen) atoms. The van der Waals surface area contributed by atoms with E-state index < -0.39 is 0 Å². The monoisotopic (exact) mass is 398 g/mol. The normalized spacial score (nSPS) is 10.7. The van der Waals surface area contributed by atoms with Gasteiger partial charge in [-0.15, -0.1) is 0 Å². The zero-order chi connectivity index (χ0) is 20.6. The molecule has 3 aromatic rings. The highest BCUT2D eigenvalue weighted by Gasteiger charge is 2.11. The standard InChI is InChI=1S/C20H26N6O3/c1-4-7-22-19-15-12-25-26(20(15)24-13-23-19)9-8-21-18(27)11-14-5-6-16(28-2)17(10-14)29-3/h5-6,10,12-13H,4,7-9,11H2,1-3H3,(H,21,27)(H,22,23,24). The van der Waals surface area contributed by atoms with Gasteiger partial charge in [0.2, 0.25) is 5.91 Å². The molecule has 0 bridgehead atoms. The van der Waals surface area contributed by atoms with Crippen LogP contribution in [0.1, 0.15) is 18.9 Å². The molecule has 2 heterocycles.